The maximum atomic E-state index is 13.1. The summed E-state index contributed by atoms with van der Waals surface area (Å²) in [6.45, 7) is 1.90. The third-order valence-electron chi connectivity index (χ3n) is 5.28. The van der Waals surface area contributed by atoms with E-state index in [4.69, 9.17) is 4.42 Å². The lowest BCUT2D eigenvalue weighted by Crippen LogP contribution is -2.52. The number of aromatic nitrogens is 1. The lowest BCUT2D eigenvalue weighted by atomic mass is 10.1. The van der Waals surface area contributed by atoms with Gasteiger partial charge in [0.05, 0.1) is 17.5 Å². The molecule has 1 N–H and O–H groups in total. The van der Waals surface area contributed by atoms with Crippen molar-refractivity contribution >= 4 is 32.6 Å². The first-order valence-electron chi connectivity index (χ1n) is 10.8. The number of fused-ring (bicyclic) bond motifs is 1. The summed E-state index contributed by atoms with van der Waals surface area (Å²) in [6, 6.07) is 14.0. The number of nitrogens with one attached hydrogen (secondary N) is 1. The highest BCUT2D eigenvalue weighted by Crippen LogP contribution is 2.17. The maximum Gasteiger partial charge on any atom is 0.266 e. The van der Waals surface area contributed by atoms with Crippen molar-refractivity contribution in [1.82, 2.24) is 15.2 Å². The molecule has 0 saturated carbocycles. The highest BCUT2D eigenvalue weighted by Gasteiger charge is 2.32. The van der Waals surface area contributed by atoms with Crippen LogP contribution in [0.2, 0.25) is 0 Å². The van der Waals surface area contributed by atoms with Gasteiger partial charge in [0, 0.05) is 0 Å². The number of amides is 1. The summed E-state index contributed by atoms with van der Waals surface area (Å²) < 4.78 is 31.1. The minimum Gasteiger partial charge on any atom is -0.434 e. The maximum absolute atomic E-state index is 13.1. The summed E-state index contributed by atoms with van der Waals surface area (Å²) in [7, 11) is -0.303. The highest BCUT2D eigenvalue weighted by molar-refractivity contribution is 7.90. The molecule has 1 amide bonds. The van der Waals surface area contributed by atoms with Gasteiger partial charge in [-0.3, -0.25) is 14.5 Å². The van der Waals surface area contributed by atoms with Crippen LogP contribution in [-0.4, -0.2) is 61.9 Å². The summed E-state index contributed by atoms with van der Waals surface area (Å²) >= 11 is 0. The SMILES string of the molecule is CCC[C@H](NC(=O)[C@H](CS(=O)(=O)Cc1ccccc1)N(C)C)C(=O)c1nc2ccccc2o1. The molecule has 2 aromatic carbocycles. The molecule has 0 aliphatic heterocycles. The first-order valence-corrected chi connectivity index (χ1v) is 12.6. The predicted molar refractivity (Wildman–Crippen MR) is 127 cm³/mol. The van der Waals surface area contributed by atoms with E-state index in [1.165, 1.54) is 0 Å². The summed E-state index contributed by atoms with van der Waals surface area (Å²) in [5, 5.41) is 2.73. The monoisotopic (exact) mass is 471 g/mol. The fraction of sp³-hybridized carbons (Fsp3) is 0.375. The molecule has 0 unspecified atom stereocenters. The van der Waals surface area contributed by atoms with E-state index < -0.39 is 33.6 Å². The van der Waals surface area contributed by atoms with Gasteiger partial charge in [-0.2, -0.15) is 0 Å². The van der Waals surface area contributed by atoms with Gasteiger partial charge in [0.25, 0.3) is 5.89 Å². The van der Waals surface area contributed by atoms with E-state index in [2.05, 4.69) is 10.3 Å². The summed E-state index contributed by atoms with van der Waals surface area (Å²) in [4.78, 5) is 31.9. The van der Waals surface area contributed by atoms with Crippen LogP contribution in [0.3, 0.4) is 0 Å². The lowest BCUT2D eigenvalue weighted by Gasteiger charge is -2.25. The minimum absolute atomic E-state index is 0.0759. The van der Waals surface area contributed by atoms with Gasteiger partial charge in [0.15, 0.2) is 15.4 Å². The van der Waals surface area contributed by atoms with Crippen LogP contribution in [0, 0.1) is 0 Å². The molecule has 0 radical (unpaired) electrons. The van der Waals surface area contributed by atoms with Crippen LogP contribution in [0.4, 0.5) is 0 Å². The molecule has 1 heterocycles. The molecule has 9 heteroatoms. The Kier molecular flexibility index (Phi) is 7.99. The quantitative estimate of drug-likeness (QED) is 0.428. The third-order valence-corrected chi connectivity index (χ3v) is 6.88. The summed E-state index contributed by atoms with van der Waals surface area (Å²) in [5.41, 5.74) is 1.70. The molecule has 3 rings (SSSR count). The topological polar surface area (TPSA) is 110 Å². The average molecular weight is 472 g/mol. The van der Waals surface area contributed by atoms with E-state index in [1.807, 2.05) is 13.0 Å². The second kappa shape index (κ2) is 10.7. The predicted octanol–water partition coefficient (Wildman–Crippen LogP) is 2.84. The Morgan fingerprint density at radius 3 is 2.36 bits per heavy atom. The van der Waals surface area contributed by atoms with Crippen molar-refractivity contribution in [2.24, 2.45) is 0 Å². The second-order valence-corrected chi connectivity index (χ2v) is 10.3. The number of hydrogen-bond donors (Lipinski definition) is 1. The highest BCUT2D eigenvalue weighted by atomic mass is 32.2. The first-order chi connectivity index (χ1) is 15.7. The van der Waals surface area contributed by atoms with Crippen LogP contribution >= 0.6 is 0 Å². The zero-order chi connectivity index (χ0) is 24.0. The van der Waals surface area contributed by atoms with Crippen LogP contribution in [0.5, 0.6) is 0 Å². The number of hydrogen-bond acceptors (Lipinski definition) is 7. The standard InChI is InChI=1S/C24H29N3O5S/c1-4-10-19(22(28)24-26-18-13-8-9-14-21(18)32-24)25-23(29)20(27(2)3)16-33(30,31)15-17-11-6-5-7-12-17/h5-9,11-14,19-20H,4,10,15-16H2,1-3H3,(H,25,29)/t19-,20-/m0/s1. The van der Waals surface area contributed by atoms with Crippen LogP contribution in [0.1, 0.15) is 36.0 Å². The molecule has 0 saturated heterocycles. The zero-order valence-corrected chi connectivity index (χ0v) is 19.8. The molecule has 176 valence electrons. The molecular formula is C24H29N3O5S. The van der Waals surface area contributed by atoms with Crippen molar-refractivity contribution in [3.05, 3.63) is 66.1 Å². The Balaban J connectivity index is 1.75. The second-order valence-electron chi connectivity index (χ2n) is 8.22. The number of carbonyl (C=O) groups excluding carboxylic acids is 2. The molecular weight excluding hydrogens is 442 g/mol. The summed E-state index contributed by atoms with van der Waals surface area (Å²) in [6.07, 6.45) is 1.01. The fourth-order valence-electron chi connectivity index (χ4n) is 3.54. The molecule has 1 aromatic heterocycles. The van der Waals surface area contributed by atoms with Gasteiger partial charge in [-0.15, -0.1) is 0 Å². The van der Waals surface area contributed by atoms with E-state index in [9.17, 15) is 18.0 Å². The molecule has 0 spiro atoms. The number of likely N-dealkylation sites (N-methyl/N-ethyl adjacent to an activating group) is 1. The Hall–Kier alpha value is -3.04. The molecule has 0 aliphatic carbocycles. The normalized spacial score (nSPS) is 13.7. The largest absolute Gasteiger partial charge is 0.434 e. The van der Waals surface area contributed by atoms with E-state index in [0.29, 0.717) is 29.5 Å². The van der Waals surface area contributed by atoms with Crippen LogP contribution < -0.4 is 5.32 Å². The number of sulfone groups is 1. The number of Topliss-reactive ketones (excluding diaryl/α,β-unsaturated/α-hetero) is 1. The van der Waals surface area contributed by atoms with Gasteiger partial charge < -0.3 is 9.73 Å². The van der Waals surface area contributed by atoms with Crippen molar-refractivity contribution in [2.45, 2.75) is 37.6 Å². The van der Waals surface area contributed by atoms with Crippen molar-refractivity contribution in [3.63, 3.8) is 0 Å². The Morgan fingerprint density at radius 1 is 1.06 bits per heavy atom. The van der Waals surface area contributed by atoms with Crippen molar-refractivity contribution < 1.29 is 22.4 Å². The number of nitrogens with zero attached hydrogens (tertiary/aromatic N) is 2. The Labute approximate surface area is 193 Å². The molecule has 0 fully saturated rings. The number of ketones is 1. The number of para-hydroxylation sites is 2. The molecule has 8 nitrogen and oxygen atoms in total. The molecule has 0 bridgehead atoms. The zero-order valence-electron chi connectivity index (χ0n) is 19.0. The van der Waals surface area contributed by atoms with Crippen molar-refractivity contribution in [2.75, 3.05) is 19.8 Å². The Morgan fingerprint density at radius 2 is 1.73 bits per heavy atom. The Bertz CT molecular complexity index is 1170. The van der Waals surface area contributed by atoms with Gasteiger partial charge in [-0.1, -0.05) is 55.8 Å². The number of rotatable bonds is 11. The average Bonchev–Trinajstić information content (AvgIpc) is 3.21. The fourth-order valence-corrected chi connectivity index (χ4v) is 5.29. The number of benzene rings is 2. The van der Waals surface area contributed by atoms with E-state index >= 15 is 0 Å². The van der Waals surface area contributed by atoms with Gasteiger partial charge >= 0.3 is 0 Å². The third kappa shape index (κ3) is 6.49. The van der Waals surface area contributed by atoms with E-state index in [-0.39, 0.29) is 17.4 Å². The number of carbonyl (C=O) groups is 2. The smallest absolute Gasteiger partial charge is 0.266 e. The molecule has 0 aliphatic rings. The lowest BCUT2D eigenvalue weighted by molar-refractivity contribution is -0.125. The van der Waals surface area contributed by atoms with E-state index in [1.54, 1.807) is 67.5 Å². The van der Waals surface area contributed by atoms with Gasteiger partial charge in [-0.25, -0.2) is 13.4 Å². The number of oxazole rings is 1. The van der Waals surface area contributed by atoms with Crippen LogP contribution in [0.15, 0.2) is 59.0 Å². The van der Waals surface area contributed by atoms with Gasteiger partial charge in [0.2, 0.25) is 11.7 Å². The van der Waals surface area contributed by atoms with Crippen LogP contribution in [-0.2, 0) is 20.4 Å². The van der Waals surface area contributed by atoms with Crippen LogP contribution in [0.25, 0.3) is 11.1 Å². The minimum atomic E-state index is -3.58. The van der Waals surface area contributed by atoms with Crippen molar-refractivity contribution in [1.29, 1.82) is 0 Å². The summed E-state index contributed by atoms with van der Waals surface area (Å²) in [5.74, 6) is -1.57. The first kappa shape index (κ1) is 24.6. The van der Waals surface area contributed by atoms with E-state index in [0.717, 1.165) is 0 Å². The molecule has 3 aromatic rings. The van der Waals surface area contributed by atoms with Crippen molar-refractivity contribution in [3.8, 4) is 0 Å². The van der Waals surface area contributed by atoms with Gasteiger partial charge in [0.1, 0.15) is 11.6 Å². The molecule has 33 heavy (non-hydrogen) atoms. The molecule has 2 atom stereocenters. The van der Waals surface area contributed by atoms with Gasteiger partial charge in [-0.05, 0) is 38.2 Å².